The Labute approximate surface area is 135 Å². The normalized spacial score (nSPS) is 32.2. The Morgan fingerprint density at radius 1 is 1.33 bits per heavy atom. The summed E-state index contributed by atoms with van der Waals surface area (Å²) in [6.45, 7) is 1.92. The zero-order valence-electron chi connectivity index (χ0n) is 12.0. The fourth-order valence-corrected chi connectivity index (χ4v) is 4.44. The second-order valence-electron chi connectivity index (χ2n) is 6.31. The summed E-state index contributed by atoms with van der Waals surface area (Å²) in [6, 6.07) is 5.31. The van der Waals surface area contributed by atoms with Crippen molar-refractivity contribution < 1.29 is 4.79 Å². The summed E-state index contributed by atoms with van der Waals surface area (Å²) >= 11 is 12.2. The number of rotatable bonds is 3. The van der Waals surface area contributed by atoms with Gasteiger partial charge in [-0.2, -0.15) is 0 Å². The van der Waals surface area contributed by atoms with E-state index in [2.05, 4.69) is 5.32 Å². The molecule has 2 aliphatic carbocycles. The third-order valence-electron chi connectivity index (χ3n) is 5.09. The predicted molar refractivity (Wildman–Crippen MR) is 85.3 cm³/mol. The summed E-state index contributed by atoms with van der Waals surface area (Å²) in [5.41, 5.74) is 7.07. The monoisotopic (exact) mass is 326 g/mol. The van der Waals surface area contributed by atoms with E-state index in [0.29, 0.717) is 21.9 Å². The Morgan fingerprint density at radius 3 is 2.71 bits per heavy atom. The molecule has 1 aromatic rings. The van der Waals surface area contributed by atoms with E-state index in [9.17, 15) is 4.79 Å². The molecule has 0 spiro atoms. The van der Waals surface area contributed by atoms with E-state index >= 15 is 0 Å². The molecule has 0 aliphatic heterocycles. The first-order valence-electron chi connectivity index (χ1n) is 7.49. The quantitative estimate of drug-likeness (QED) is 0.892. The summed E-state index contributed by atoms with van der Waals surface area (Å²) in [4.78, 5) is 12.6. The van der Waals surface area contributed by atoms with Crippen molar-refractivity contribution in [3.05, 3.63) is 33.8 Å². The molecule has 1 aromatic carbocycles. The Bertz CT molecular complexity index is 561. The van der Waals surface area contributed by atoms with Gasteiger partial charge in [0.2, 0.25) is 5.91 Å². The smallest absolute Gasteiger partial charge is 0.225 e. The van der Waals surface area contributed by atoms with Crippen LogP contribution in [-0.4, -0.2) is 11.9 Å². The molecule has 3 nitrogen and oxygen atoms in total. The molecule has 3 N–H and O–H groups in total. The van der Waals surface area contributed by atoms with Crippen LogP contribution in [0.25, 0.3) is 0 Å². The molecule has 2 saturated carbocycles. The van der Waals surface area contributed by atoms with Gasteiger partial charge in [-0.25, -0.2) is 0 Å². The van der Waals surface area contributed by atoms with Crippen molar-refractivity contribution >= 4 is 29.1 Å². The van der Waals surface area contributed by atoms with Gasteiger partial charge in [0.25, 0.3) is 0 Å². The lowest BCUT2D eigenvalue weighted by Crippen LogP contribution is -2.45. The first-order chi connectivity index (χ1) is 9.99. The van der Waals surface area contributed by atoms with Crippen LogP contribution in [0.15, 0.2) is 18.2 Å². The van der Waals surface area contributed by atoms with Gasteiger partial charge in [0.1, 0.15) is 0 Å². The molecule has 5 atom stereocenters. The molecule has 2 fully saturated rings. The summed E-state index contributed by atoms with van der Waals surface area (Å²) in [5, 5.41) is 4.07. The van der Waals surface area contributed by atoms with Crippen molar-refractivity contribution in [3.8, 4) is 0 Å². The lowest BCUT2D eigenvalue weighted by molar-refractivity contribution is -0.127. The highest BCUT2D eigenvalue weighted by Crippen LogP contribution is 2.47. The molecule has 3 rings (SSSR count). The molecule has 5 heteroatoms. The highest BCUT2D eigenvalue weighted by atomic mass is 35.5. The van der Waals surface area contributed by atoms with E-state index in [1.54, 1.807) is 6.07 Å². The molecular formula is C16H20Cl2N2O. The molecule has 21 heavy (non-hydrogen) atoms. The number of halogens is 2. The molecule has 0 radical (unpaired) electrons. The topological polar surface area (TPSA) is 55.1 Å². The second-order valence-corrected chi connectivity index (χ2v) is 7.09. The van der Waals surface area contributed by atoms with Crippen LogP contribution < -0.4 is 11.1 Å². The zero-order valence-corrected chi connectivity index (χ0v) is 13.5. The third kappa shape index (κ3) is 2.67. The second kappa shape index (κ2) is 5.79. The number of hydrogen-bond acceptors (Lipinski definition) is 2. The number of fused-ring (bicyclic) bond motifs is 2. The van der Waals surface area contributed by atoms with Crippen LogP contribution in [0.5, 0.6) is 0 Å². The fourth-order valence-electron chi connectivity index (χ4n) is 3.97. The molecular weight excluding hydrogens is 307 g/mol. The molecule has 2 aliphatic rings. The number of benzene rings is 1. The van der Waals surface area contributed by atoms with Crippen molar-refractivity contribution in [2.24, 2.45) is 23.5 Å². The summed E-state index contributed by atoms with van der Waals surface area (Å²) in [6.07, 6.45) is 3.40. The van der Waals surface area contributed by atoms with Crippen LogP contribution in [0.1, 0.15) is 37.8 Å². The van der Waals surface area contributed by atoms with Crippen LogP contribution in [0.4, 0.5) is 0 Å². The average Bonchev–Trinajstić information content (AvgIpc) is 3.02. The Morgan fingerprint density at radius 2 is 2.05 bits per heavy atom. The largest absolute Gasteiger partial charge is 0.349 e. The molecule has 0 saturated heterocycles. The van der Waals surface area contributed by atoms with Crippen LogP contribution in [0.2, 0.25) is 10.0 Å². The molecule has 0 aromatic heterocycles. The van der Waals surface area contributed by atoms with Gasteiger partial charge in [-0.1, -0.05) is 35.3 Å². The average molecular weight is 327 g/mol. The Kier molecular flexibility index (Phi) is 4.17. The number of carbonyl (C=O) groups is 1. The first kappa shape index (κ1) is 15.1. The minimum Gasteiger partial charge on any atom is -0.349 e. The molecule has 0 unspecified atom stereocenters. The minimum atomic E-state index is -0.171. The third-order valence-corrected chi connectivity index (χ3v) is 5.92. The van der Waals surface area contributed by atoms with E-state index in [-0.39, 0.29) is 23.9 Å². The number of hydrogen-bond donors (Lipinski definition) is 2. The number of amides is 1. The van der Waals surface area contributed by atoms with E-state index in [1.807, 2.05) is 19.1 Å². The molecule has 0 heterocycles. The highest BCUT2D eigenvalue weighted by molar-refractivity contribution is 6.42. The Balaban J connectivity index is 1.71. The van der Waals surface area contributed by atoms with E-state index in [4.69, 9.17) is 28.9 Å². The van der Waals surface area contributed by atoms with Crippen molar-refractivity contribution in [2.45, 2.75) is 38.3 Å². The summed E-state index contributed by atoms with van der Waals surface area (Å²) in [5.74, 6) is 0.977. The van der Waals surface area contributed by atoms with Gasteiger partial charge < -0.3 is 11.1 Å². The van der Waals surface area contributed by atoms with Gasteiger partial charge in [-0.3, -0.25) is 4.79 Å². The van der Waals surface area contributed by atoms with Crippen molar-refractivity contribution in [1.82, 2.24) is 5.32 Å². The summed E-state index contributed by atoms with van der Waals surface area (Å²) < 4.78 is 0. The SMILES string of the molecule is C[C@H](NC(=O)[C@H]1[C@H]2CC[C@@H](C2)[C@H]1N)c1cccc(Cl)c1Cl. The lowest BCUT2D eigenvalue weighted by Gasteiger charge is -2.28. The van der Waals surface area contributed by atoms with E-state index < -0.39 is 0 Å². The van der Waals surface area contributed by atoms with Gasteiger partial charge in [-0.05, 0) is 49.7 Å². The van der Waals surface area contributed by atoms with Crippen molar-refractivity contribution in [1.29, 1.82) is 0 Å². The van der Waals surface area contributed by atoms with Gasteiger partial charge in [0.05, 0.1) is 22.0 Å². The van der Waals surface area contributed by atoms with E-state index in [1.165, 1.54) is 6.42 Å². The maximum absolute atomic E-state index is 12.6. The van der Waals surface area contributed by atoms with Crippen LogP contribution in [0, 0.1) is 17.8 Å². The van der Waals surface area contributed by atoms with Gasteiger partial charge in [0, 0.05) is 6.04 Å². The van der Waals surface area contributed by atoms with Crippen molar-refractivity contribution in [3.63, 3.8) is 0 Å². The zero-order chi connectivity index (χ0) is 15.1. The highest BCUT2D eigenvalue weighted by Gasteiger charge is 2.49. The predicted octanol–water partition coefficient (Wildman–Crippen LogP) is 3.54. The maximum Gasteiger partial charge on any atom is 0.225 e. The van der Waals surface area contributed by atoms with Crippen LogP contribution in [0.3, 0.4) is 0 Å². The standard InChI is InChI=1S/C16H20Cl2N2O/c1-8(11-3-2-4-12(17)14(11)18)20-16(21)13-9-5-6-10(7-9)15(13)19/h2-4,8-10,13,15H,5-7,19H2,1H3,(H,20,21)/t8-,9-,10-,13-,15+/m0/s1. The molecule has 1 amide bonds. The summed E-state index contributed by atoms with van der Waals surface area (Å²) in [7, 11) is 0. The van der Waals surface area contributed by atoms with Crippen molar-refractivity contribution in [2.75, 3.05) is 0 Å². The van der Waals surface area contributed by atoms with E-state index in [0.717, 1.165) is 18.4 Å². The number of nitrogens with one attached hydrogen (secondary N) is 1. The first-order valence-corrected chi connectivity index (χ1v) is 8.24. The number of carbonyl (C=O) groups excluding carboxylic acids is 1. The fraction of sp³-hybridized carbons (Fsp3) is 0.562. The molecule has 2 bridgehead atoms. The molecule has 114 valence electrons. The van der Waals surface area contributed by atoms with Crippen LogP contribution in [-0.2, 0) is 4.79 Å². The maximum atomic E-state index is 12.6. The van der Waals surface area contributed by atoms with Gasteiger partial charge in [-0.15, -0.1) is 0 Å². The van der Waals surface area contributed by atoms with Gasteiger partial charge in [0.15, 0.2) is 0 Å². The lowest BCUT2D eigenvalue weighted by atomic mass is 9.84. The van der Waals surface area contributed by atoms with Crippen LogP contribution >= 0.6 is 23.2 Å². The minimum absolute atomic E-state index is 0.00535. The number of nitrogens with two attached hydrogens (primary N) is 1. The Hall–Kier alpha value is -0.770. The van der Waals surface area contributed by atoms with Gasteiger partial charge >= 0.3 is 0 Å².